The van der Waals surface area contributed by atoms with Crippen LogP contribution >= 0.6 is 24.8 Å². The van der Waals surface area contributed by atoms with E-state index in [2.05, 4.69) is 14.9 Å². The fourth-order valence-electron chi connectivity index (χ4n) is 1.63. The van der Waals surface area contributed by atoms with Crippen molar-refractivity contribution in [2.24, 2.45) is 0 Å². The molecular weight excluding hydrogens is 263 g/mol. The maximum atomic E-state index is 5.83. The summed E-state index contributed by atoms with van der Waals surface area (Å²) >= 11 is 0. The standard InChI is InChI=1S/C10H16N4O.2ClH/c1-8-12-6-9(10(11)13-8)7-14-2-4-15-5-3-14;;/h6H,2-5,7H2,1H3,(H2,11,12,13);2*1H. The quantitative estimate of drug-likeness (QED) is 0.877. The molecule has 2 heterocycles. The van der Waals surface area contributed by atoms with Crippen LogP contribution in [0.15, 0.2) is 6.20 Å². The lowest BCUT2D eigenvalue weighted by atomic mass is 10.2. The Hall–Kier alpha value is -0.620. The van der Waals surface area contributed by atoms with Gasteiger partial charge in [0.25, 0.3) is 0 Å². The van der Waals surface area contributed by atoms with E-state index in [1.807, 2.05) is 13.1 Å². The van der Waals surface area contributed by atoms with Crippen LogP contribution in [0.25, 0.3) is 0 Å². The highest BCUT2D eigenvalue weighted by Crippen LogP contribution is 2.11. The summed E-state index contributed by atoms with van der Waals surface area (Å²) in [6.07, 6.45) is 1.81. The van der Waals surface area contributed by atoms with E-state index in [-0.39, 0.29) is 24.8 Å². The van der Waals surface area contributed by atoms with Crippen LogP contribution in [0, 0.1) is 6.92 Å². The number of aryl methyl sites for hydroxylation is 1. The molecular formula is C10H18Cl2N4O. The van der Waals surface area contributed by atoms with Crippen LogP contribution in [0.3, 0.4) is 0 Å². The van der Waals surface area contributed by atoms with Gasteiger partial charge in [-0.1, -0.05) is 0 Å². The zero-order valence-electron chi connectivity index (χ0n) is 9.76. The summed E-state index contributed by atoms with van der Waals surface area (Å²) in [6.45, 7) is 6.16. The molecule has 1 aromatic rings. The Morgan fingerprint density at radius 1 is 1.35 bits per heavy atom. The molecule has 17 heavy (non-hydrogen) atoms. The van der Waals surface area contributed by atoms with Gasteiger partial charge in [0.2, 0.25) is 0 Å². The Kier molecular flexibility index (Phi) is 7.38. The fraction of sp³-hybridized carbons (Fsp3) is 0.600. The van der Waals surface area contributed by atoms with E-state index in [9.17, 15) is 0 Å². The second-order valence-electron chi connectivity index (χ2n) is 3.72. The highest BCUT2D eigenvalue weighted by molar-refractivity contribution is 5.85. The Bertz CT molecular complexity index is 345. The molecule has 0 aliphatic carbocycles. The number of morpholine rings is 1. The third-order valence-electron chi connectivity index (χ3n) is 2.52. The average Bonchev–Trinajstić information content (AvgIpc) is 2.24. The molecule has 2 rings (SSSR count). The molecule has 1 aliphatic heterocycles. The number of hydrogen-bond donors (Lipinski definition) is 1. The van der Waals surface area contributed by atoms with Crippen molar-refractivity contribution >= 4 is 30.6 Å². The van der Waals surface area contributed by atoms with Crippen LogP contribution < -0.4 is 5.73 Å². The lowest BCUT2D eigenvalue weighted by molar-refractivity contribution is 0.0342. The van der Waals surface area contributed by atoms with Gasteiger partial charge in [-0.2, -0.15) is 0 Å². The van der Waals surface area contributed by atoms with Crippen molar-refractivity contribution in [1.29, 1.82) is 0 Å². The predicted octanol–water partition coefficient (Wildman–Crippen LogP) is 1.04. The van der Waals surface area contributed by atoms with E-state index in [1.54, 1.807) is 0 Å². The van der Waals surface area contributed by atoms with Crippen molar-refractivity contribution in [2.45, 2.75) is 13.5 Å². The van der Waals surface area contributed by atoms with Crippen LogP contribution in [0.1, 0.15) is 11.4 Å². The first-order chi connectivity index (χ1) is 7.25. The first-order valence-electron chi connectivity index (χ1n) is 5.14. The molecule has 5 nitrogen and oxygen atoms in total. The summed E-state index contributed by atoms with van der Waals surface area (Å²) in [4.78, 5) is 10.6. The molecule has 1 aliphatic rings. The lowest BCUT2D eigenvalue weighted by Crippen LogP contribution is -2.35. The Morgan fingerprint density at radius 2 is 2.00 bits per heavy atom. The van der Waals surface area contributed by atoms with Crippen LogP contribution in [-0.4, -0.2) is 41.2 Å². The second-order valence-corrected chi connectivity index (χ2v) is 3.72. The largest absolute Gasteiger partial charge is 0.383 e. The van der Waals surface area contributed by atoms with Gasteiger partial charge in [0.05, 0.1) is 13.2 Å². The van der Waals surface area contributed by atoms with E-state index >= 15 is 0 Å². The highest BCUT2D eigenvalue weighted by atomic mass is 35.5. The average molecular weight is 281 g/mol. The van der Waals surface area contributed by atoms with Crippen molar-refractivity contribution in [1.82, 2.24) is 14.9 Å². The summed E-state index contributed by atoms with van der Waals surface area (Å²) in [5.74, 6) is 1.31. The van der Waals surface area contributed by atoms with Crippen molar-refractivity contribution in [3.63, 3.8) is 0 Å². The minimum atomic E-state index is 0. The number of rotatable bonds is 2. The Balaban J connectivity index is 0.00000128. The summed E-state index contributed by atoms with van der Waals surface area (Å²) in [6, 6.07) is 0. The molecule has 0 spiro atoms. The van der Waals surface area contributed by atoms with Crippen molar-refractivity contribution in [3.8, 4) is 0 Å². The zero-order chi connectivity index (χ0) is 10.7. The molecule has 7 heteroatoms. The number of aromatic nitrogens is 2. The molecule has 0 saturated carbocycles. The number of nitrogens with two attached hydrogens (primary N) is 1. The molecule has 0 radical (unpaired) electrons. The zero-order valence-corrected chi connectivity index (χ0v) is 11.4. The monoisotopic (exact) mass is 280 g/mol. The Labute approximate surface area is 114 Å². The fourth-order valence-corrected chi connectivity index (χ4v) is 1.63. The molecule has 0 atom stereocenters. The first-order valence-corrected chi connectivity index (χ1v) is 5.14. The van der Waals surface area contributed by atoms with Gasteiger partial charge < -0.3 is 10.5 Å². The van der Waals surface area contributed by atoms with Gasteiger partial charge in [0.15, 0.2) is 0 Å². The minimum absolute atomic E-state index is 0. The van der Waals surface area contributed by atoms with Crippen LogP contribution in [0.4, 0.5) is 5.82 Å². The van der Waals surface area contributed by atoms with Gasteiger partial charge >= 0.3 is 0 Å². The number of halogens is 2. The van der Waals surface area contributed by atoms with Crippen molar-refractivity contribution in [3.05, 3.63) is 17.6 Å². The van der Waals surface area contributed by atoms with E-state index in [4.69, 9.17) is 10.5 Å². The third-order valence-corrected chi connectivity index (χ3v) is 2.52. The number of nitrogens with zero attached hydrogens (tertiary/aromatic N) is 3. The molecule has 98 valence electrons. The number of hydrogen-bond acceptors (Lipinski definition) is 5. The number of nitrogen functional groups attached to an aromatic ring is 1. The molecule has 0 bridgehead atoms. The van der Waals surface area contributed by atoms with E-state index in [1.165, 1.54) is 0 Å². The minimum Gasteiger partial charge on any atom is -0.383 e. The van der Waals surface area contributed by atoms with Gasteiger partial charge in [-0.15, -0.1) is 24.8 Å². The predicted molar refractivity (Wildman–Crippen MR) is 71.8 cm³/mol. The van der Waals surface area contributed by atoms with Crippen molar-refractivity contribution < 1.29 is 4.74 Å². The highest BCUT2D eigenvalue weighted by Gasteiger charge is 2.12. The van der Waals surface area contributed by atoms with Gasteiger partial charge in [-0.05, 0) is 6.92 Å². The van der Waals surface area contributed by atoms with Crippen molar-refractivity contribution in [2.75, 3.05) is 32.0 Å². The summed E-state index contributed by atoms with van der Waals surface area (Å²) in [7, 11) is 0. The van der Waals surface area contributed by atoms with Gasteiger partial charge in [-0.25, -0.2) is 9.97 Å². The smallest absolute Gasteiger partial charge is 0.131 e. The maximum Gasteiger partial charge on any atom is 0.131 e. The maximum absolute atomic E-state index is 5.83. The molecule has 1 fully saturated rings. The topological polar surface area (TPSA) is 64.3 Å². The molecule has 2 N–H and O–H groups in total. The first kappa shape index (κ1) is 16.4. The van der Waals surface area contributed by atoms with Gasteiger partial charge in [0, 0.05) is 31.4 Å². The van der Waals surface area contributed by atoms with E-state index in [0.29, 0.717) is 5.82 Å². The summed E-state index contributed by atoms with van der Waals surface area (Å²) in [5.41, 5.74) is 6.83. The van der Waals surface area contributed by atoms with Crippen LogP contribution in [0.2, 0.25) is 0 Å². The summed E-state index contributed by atoms with van der Waals surface area (Å²) in [5, 5.41) is 0. The van der Waals surface area contributed by atoms with Gasteiger partial charge in [0.1, 0.15) is 11.6 Å². The normalized spacial score (nSPS) is 15.8. The van der Waals surface area contributed by atoms with Crippen LogP contribution in [0.5, 0.6) is 0 Å². The molecule has 0 aromatic carbocycles. The van der Waals surface area contributed by atoms with E-state index < -0.39 is 0 Å². The molecule has 0 amide bonds. The molecule has 0 unspecified atom stereocenters. The molecule has 1 saturated heterocycles. The third kappa shape index (κ3) is 4.63. The van der Waals surface area contributed by atoms with Gasteiger partial charge in [-0.3, -0.25) is 4.90 Å². The summed E-state index contributed by atoms with van der Waals surface area (Å²) < 4.78 is 5.28. The lowest BCUT2D eigenvalue weighted by Gasteiger charge is -2.26. The van der Waals surface area contributed by atoms with E-state index in [0.717, 1.165) is 44.2 Å². The number of anilines is 1. The second kappa shape index (κ2) is 7.66. The Morgan fingerprint density at radius 3 is 2.59 bits per heavy atom. The van der Waals surface area contributed by atoms with Crippen LogP contribution in [-0.2, 0) is 11.3 Å². The number of ether oxygens (including phenoxy) is 1. The SMILES string of the molecule is Cc1ncc(CN2CCOCC2)c(N)n1.Cl.Cl. The molecule has 1 aromatic heterocycles.